The summed E-state index contributed by atoms with van der Waals surface area (Å²) in [4.78, 5) is 10.5. The minimum Gasteiger partial charge on any atom is -0.871 e. The zero-order valence-electron chi connectivity index (χ0n) is 5.67. The summed E-state index contributed by atoms with van der Waals surface area (Å²) in [6.07, 6.45) is 0. The van der Waals surface area contributed by atoms with Crippen LogP contribution in [0, 0.1) is 3.57 Å². The van der Waals surface area contributed by atoms with E-state index in [0.717, 1.165) is 0 Å². The molecular weight excluding hydrogens is 339 g/mol. The summed E-state index contributed by atoms with van der Waals surface area (Å²) in [7, 11) is 0. The fourth-order valence-corrected chi connectivity index (χ4v) is 2.23. The molecule has 3 nitrogen and oxygen atoms in total. The van der Waals surface area contributed by atoms with Gasteiger partial charge in [0.05, 0.1) is 5.56 Å². The van der Waals surface area contributed by atoms with Crippen molar-refractivity contribution < 1.29 is 15.0 Å². The first-order valence-corrected chi connectivity index (χ1v) is 4.79. The van der Waals surface area contributed by atoms with Gasteiger partial charge < -0.3 is 10.2 Å². The summed E-state index contributed by atoms with van der Waals surface area (Å²) in [5.74, 6) is -1.63. The molecule has 12 heavy (non-hydrogen) atoms. The SMILES string of the molecule is O=C(O)c1cc(Br)cc(I)c1[O-]. The van der Waals surface area contributed by atoms with E-state index in [1.807, 2.05) is 0 Å². The lowest BCUT2D eigenvalue weighted by molar-refractivity contribution is -0.270. The Hall–Kier alpha value is -0.300. The fraction of sp³-hybridized carbons (Fsp3) is 0. The predicted molar refractivity (Wildman–Crippen MR) is 53.3 cm³/mol. The van der Waals surface area contributed by atoms with Crippen LogP contribution in [0.15, 0.2) is 16.6 Å². The third-order valence-corrected chi connectivity index (χ3v) is 2.50. The molecule has 0 unspecified atom stereocenters. The van der Waals surface area contributed by atoms with E-state index in [1.54, 1.807) is 28.7 Å². The smallest absolute Gasteiger partial charge is 0.335 e. The molecule has 5 heteroatoms. The van der Waals surface area contributed by atoms with Crippen molar-refractivity contribution >= 4 is 44.5 Å². The normalized spacial score (nSPS) is 9.83. The van der Waals surface area contributed by atoms with Gasteiger partial charge in [0.25, 0.3) is 0 Å². The van der Waals surface area contributed by atoms with Crippen LogP contribution in [-0.2, 0) is 0 Å². The summed E-state index contributed by atoms with van der Waals surface area (Å²) in [6.45, 7) is 0. The van der Waals surface area contributed by atoms with E-state index in [4.69, 9.17) is 5.11 Å². The van der Waals surface area contributed by atoms with Gasteiger partial charge >= 0.3 is 5.97 Å². The first kappa shape index (κ1) is 9.79. The predicted octanol–water partition coefficient (Wildman–Crippen LogP) is 1.83. The van der Waals surface area contributed by atoms with E-state index in [-0.39, 0.29) is 5.56 Å². The molecule has 1 aromatic rings. The highest BCUT2D eigenvalue weighted by Crippen LogP contribution is 2.26. The van der Waals surface area contributed by atoms with Crippen LogP contribution in [-0.4, -0.2) is 11.1 Å². The number of aromatic carboxylic acids is 1. The Balaban J connectivity index is 3.37. The molecule has 0 radical (unpaired) electrons. The monoisotopic (exact) mass is 341 g/mol. The van der Waals surface area contributed by atoms with E-state index in [0.29, 0.717) is 8.04 Å². The molecule has 0 aliphatic heterocycles. The molecule has 1 N–H and O–H groups in total. The number of hydrogen-bond donors (Lipinski definition) is 1. The Kier molecular flexibility index (Phi) is 2.94. The Morgan fingerprint density at radius 2 is 2.17 bits per heavy atom. The number of halogens is 2. The lowest BCUT2D eigenvalue weighted by atomic mass is 10.2. The summed E-state index contributed by atoms with van der Waals surface area (Å²) in [5, 5.41) is 19.7. The molecule has 1 aromatic carbocycles. The van der Waals surface area contributed by atoms with Crippen LogP contribution in [0.5, 0.6) is 5.75 Å². The van der Waals surface area contributed by atoms with Gasteiger partial charge in [-0.3, -0.25) is 0 Å². The standard InChI is InChI=1S/C7H4BrIO3/c8-3-1-4(7(11)12)6(10)5(9)2-3/h1-2,10H,(H,11,12)/p-1. The van der Waals surface area contributed by atoms with Crippen molar-refractivity contribution in [3.8, 4) is 5.75 Å². The first-order chi connectivity index (χ1) is 5.52. The van der Waals surface area contributed by atoms with Crippen LogP contribution in [0.1, 0.15) is 10.4 Å². The van der Waals surface area contributed by atoms with Crippen LogP contribution in [0.4, 0.5) is 0 Å². The second-order valence-corrected chi connectivity index (χ2v) is 4.15. The van der Waals surface area contributed by atoms with Crippen molar-refractivity contribution in [1.29, 1.82) is 0 Å². The summed E-state index contributed by atoms with van der Waals surface area (Å²) < 4.78 is 1.00. The highest BCUT2D eigenvalue weighted by Gasteiger charge is 2.06. The van der Waals surface area contributed by atoms with Crippen LogP contribution in [0.3, 0.4) is 0 Å². The molecule has 0 atom stereocenters. The number of benzene rings is 1. The van der Waals surface area contributed by atoms with Gasteiger partial charge in [0.1, 0.15) is 0 Å². The highest BCUT2D eigenvalue weighted by atomic mass is 127. The molecule has 0 heterocycles. The lowest BCUT2D eigenvalue weighted by Crippen LogP contribution is -2.05. The van der Waals surface area contributed by atoms with Crippen LogP contribution in [0.25, 0.3) is 0 Å². The zero-order chi connectivity index (χ0) is 9.30. The second-order valence-electron chi connectivity index (χ2n) is 2.07. The van der Waals surface area contributed by atoms with Gasteiger partial charge in [-0.25, -0.2) is 4.79 Å². The lowest BCUT2D eigenvalue weighted by Gasteiger charge is -2.12. The molecular formula is C7H3BrIO3-. The largest absolute Gasteiger partial charge is 0.871 e. The third-order valence-electron chi connectivity index (χ3n) is 1.24. The molecule has 0 saturated carbocycles. The Morgan fingerprint density at radius 3 is 2.67 bits per heavy atom. The van der Waals surface area contributed by atoms with Crippen molar-refractivity contribution in [2.75, 3.05) is 0 Å². The van der Waals surface area contributed by atoms with Gasteiger partial charge in [-0.05, 0) is 34.7 Å². The number of rotatable bonds is 1. The third kappa shape index (κ3) is 1.89. The fourth-order valence-electron chi connectivity index (χ4n) is 0.719. The van der Waals surface area contributed by atoms with Gasteiger partial charge in [-0.1, -0.05) is 21.7 Å². The molecule has 1 rings (SSSR count). The van der Waals surface area contributed by atoms with Crippen LogP contribution in [0.2, 0.25) is 0 Å². The quantitative estimate of drug-likeness (QED) is 0.793. The molecule has 0 amide bonds. The Bertz CT molecular complexity index is 338. The van der Waals surface area contributed by atoms with Crippen LogP contribution < -0.4 is 5.11 Å². The molecule has 0 fully saturated rings. The van der Waals surface area contributed by atoms with E-state index >= 15 is 0 Å². The maximum atomic E-state index is 11.2. The van der Waals surface area contributed by atoms with E-state index < -0.39 is 11.7 Å². The van der Waals surface area contributed by atoms with E-state index in [1.165, 1.54) is 6.07 Å². The summed E-state index contributed by atoms with van der Waals surface area (Å²) in [6, 6.07) is 2.88. The zero-order valence-corrected chi connectivity index (χ0v) is 9.42. The average Bonchev–Trinajstić information content (AvgIpc) is 1.96. The first-order valence-electron chi connectivity index (χ1n) is 2.91. The number of hydrogen-bond acceptors (Lipinski definition) is 2. The van der Waals surface area contributed by atoms with Gasteiger partial charge in [-0.2, -0.15) is 0 Å². The molecule has 0 aromatic heterocycles. The molecule has 64 valence electrons. The van der Waals surface area contributed by atoms with Gasteiger partial charge in [0, 0.05) is 8.04 Å². The highest BCUT2D eigenvalue weighted by molar-refractivity contribution is 14.1. The number of carboxylic acid groups (broad SMARTS) is 1. The summed E-state index contributed by atoms with van der Waals surface area (Å²) >= 11 is 4.91. The number of carboxylic acids is 1. The van der Waals surface area contributed by atoms with Crippen molar-refractivity contribution in [1.82, 2.24) is 0 Å². The summed E-state index contributed by atoms with van der Waals surface area (Å²) in [5.41, 5.74) is -0.200. The van der Waals surface area contributed by atoms with Crippen molar-refractivity contribution in [3.63, 3.8) is 0 Å². The van der Waals surface area contributed by atoms with Gasteiger partial charge in [0.15, 0.2) is 0 Å². The Labute approximate surface area is 90.7 Å². The van der Waals surface area contributed by atoms with Gasteiger partial charge in [0.2, 0.25) is 0 Å². The molecule has 0 spiro atoms. The topological polar surface area (TPSA) is 60.4 Å². The molecule has 0 saturated heterocycles. The van der Waals surface area contributed by atoms with Gasteiger partial charge in [-0.15, -0.1) is 0 Å². The maximum Gasteiger partial charge on any atom is 0.335 e. The number of carbonyl (C=O) groups is 1. The minimum absolute atomic E-state index is 0.200. The van der Waals surface area contributed by atoms with Crippen molar-refractivity contribution in [2.45, 2.75) is 0 Å². The van der Waals surface area contributed by atoms with Crippen LogP contribution >= 0.6 is 38.5 Å². The minimum atomic E-state index is -1.20. The average molecular weight is 342 g/mol. The van der Waals surface area contributed by atoms with E-state index in [2.05, 4.69) is 15.9 Å². The molecule has 0 aliphatic rings. The van der Waals surface area contributed by atoms with Crippen molar-refractivity contribution in [3.05, 3.63) is 25.7 Å². The van der Waals surface area contributed by atoms with E-state index in [9.17, 15) is 9.90 Å². The second kappa shape index (κ2) is 3.61. The Morgan fingerprint density at radius 1 is 1.58 bits per heavy atom. The van der Waals surface area contributed by atoms with Crippen molar-refractivity contribution in [2.24, 2.45) is 0 Å². The molecule has 0 aliphatic carbocycles. The maximum absolute atomic E-state index is 11.2. The molecule has 0 bridgehead atoms.